The highest BCUT2D eigenvalue weighted by molar-refractivity contribution is 5.98. The molecule has 0 bridgehead atoms. The van der Waals surface area contributed by atoms with Crippen molar-refractivity contribution < 1.29 is 9.53 Å². The van der Waals surface area contributed by atoms with Crippen LogP contribution >= 0.6 is 0 Å². The van der Waals surface area contributed by atoms with Crippen LogP contribution in [0.15, 0.2) is 18.2 Å². The molecule has 1 aromatic rings. The predicted octanol–water partition coefficient (Wildman–Crippen LogP) is 2.14. The summed E-state index contributed by atoms with van der Waals surface area (Å²) in [5.41, 5.74) is 1.76. The predicted molar refractivity (Wildman–Crippen MR) is 65.2 cm³/mol. The van der Waals surface area contributed by atoms with Crippen molar-refractivity contribution in [2.75, 3.05) is 27.7 Å². The monoisotopic (exact) mass is 221 g/mol. The Balaban J connectivity index is 2.84. The van der Waals surface area contributed by atoms with E-state index in [1.54, 1.807) is 7.11 Å². The Kier molecular flexibility index (Phi) is 4.50. The van der Waals surface area contributed by atoms with Gasteiger partial charge in [-0.25, -0.2) is 0 Å². The number of Topliss-reactive ketones (excluding diaryl/α,β-unsaturated/α-hetero) is 1. The van der Waals surface area contributed by atoms with Crippen LogP contribution in [0.3, 0.4) is 0 Å². The normalized spacial score (nSPS) is 10.6. The van der Waals surface area contributed by atoms with Crippen LogP contribution in [0.2, 0.25) is 0 Å². The van der Waals surface area contributed by atoms with Crippen molar-refractivity contribution in [3.8, 4) is 5.75 Å². The van der Waals surface area contributed by atoms with Crippen LogP contribution < -0.4 is 4.74 Å². The summed E-state index contributed by atoms with van der Waals surface area (Å²) >= 11 is 0. The third-order valence-electron chi connectivity index (χ3n) is 2.44. The van der Waals surface area contributed by atoms with Gasteiger partial charge in [0.25, 0.3) is 0 Å². The molecule has 0 aromatic heterocycles. The van der Waals surface area contributed by atoms with Crippen molar-refractivity contribution in [3.63, 3.8) is 0 Å². The van der Waals surface area contributed by atoms with Gasteiger partial charge in [-0.05, 0) is 33.2 Å². The van der Waals surface area contributed by atoms with Crippen molar-refractivity contribution in [1.29, 1.82) is 0 Å². The minimum atomic E-state index is 0.134. The number of methoxy groups -OCH3 is 1. The molecule has 0 heterocycles. The summed E-state index contributed by atoms with van der Waals surface area (Å²) in [5.74, 6) is 0.795. The van der Waals surface area contributed by atoms with E-state index in [1.807, 2.05) is 44.1 Å². The highest BCUT2D eigenvalue weighted by Gasteiger charge is 2.12. The standard InChI is InChI=1S/C13H19NO2/c1-10-5-6-13(16-4)11(9-10)12(15)7-8-14(2)3/h5-6,9H,7-8H2,1-4H3. The van der Waals surface area contributed by atoms with E-state index in [-0.39, 0.29) is 5.78 Å². The highest BCUT2D eigenvalue weighted by Crippen LogP contribution is 2.21. The third kappa shape index (κ3) is 3.35. The maximum Gasteiger partial charge on any atom is 0.167 e. The van der Waals surface area contributed by atoms with Crippen molar-refractivity contribution >= 4 is 5.78 Å². The molecule has 0 atom stereocenters. The quantitative estimate of drug-likeness (QED) is 0.713. The van der Waals surface area contributed by atoms with Gasteiger partial charge >= 0.3 is 0 Å². The summed E-state index contributed by atoms with van der Waals surface area (Å²) in [6.45, 7) is 2.73. The van der Waals surface area contributed by atoms with E-state index < -0.39 is 0 Å². The van der Waals surface area contributed by atoms with E-state index in [2.05, 4.69) is 0 Å². The Bertz CT molecular complexity index is 372. The van der Waals surface area contributed by atoms with Gasteiger partial charge in [-0.1, -0.05) is 11.6 Å². The molecule has 88 valence electrons. The van der Waals surface area contributed by atoms with E-state index in [1.165, 1.54) is 0 Å². The van der Waals surface area contributed by atoms with E-state index in [9.17, 15) is 4.79 Å². The van der Waals surface area contributed by atoms with Crippen LogP contribution in [0.1, 0.15) is 22.3 Å². The second-order valence-electron chi connectivity index (χ2n) is 4.18. The van der Waals surface area contributed by atoms with Gasteiger partial charge in [-0.2, -0.15) is 0 Å². The molecule has 0 aliphatic rings. The summed E-state index contributed by atoms with van der Waals surface area (Å²) in [5, 5.41) is 0. The molecule has 0 saturated heterocycles. The number of carbonyl (C=O) groups is 1. The third-order valence-corrected chi connectivity index (χ3v) is 2.44. The lowest BCUT2D eigenvalue weighted by Crippen LogP contribution is -2.17. The van der Waals surface area contributed by atoms with Gasteiger partial charge in [0.05, 0.1) is 12.7 Å². The van der Waals surface area contributed by atoms with Gasteiger partial charge in [0.1, 0.15) is 5.75 Å². The Morgan fingerprint density at radius 2 is 2.06 bits per heavy atom. The molecule has 0 aliphatic heterocycles. The molecule has 0 radical (unpaired) electrons. The molecular weight excluding hydrogens is 202 g/mol. The van der Waals surface area contributed by atoms with Crippen molar-refractivity contribution in [1.82, 2.24) is 4.90 Å². The SMILES string of the molecule is COc1ccc(C)cc1C(=O)CCN(C)C. The number of carbonyl (C=O) groups excluding carboxylic acids is 1. The number of benzene rings is 1. The Morgan fingerprint density at radius 3 is 2.62 bits per heavy atom. The second kappa shape index (κ2) is 5.66. The molecule has 0 N–H and O–H groups in total. The largest absolute Gasteiger partial charge is 0.496 e. The van der Waals surface area contributed by atoms with Gasteiger partial charge < -0.3 is 9.64 Å². The summed E-state index contributed by atoms with van der Waals surface area (Å²) in [7, 11) is 5.51. The first-order chi connectivity index (χ1) is 7.54. The Labute approximate surface area is 97.0 Å². The molecular formula is C13H19NO2. The number of aryl methyl sites for hydroxylation is 1. The van der Waals surface area contributed by atoms with Crippen molar-refractivity contribution in [2.24, 2.45) is 0 Å². The van der Waals surface area contributed by atoms with Gasteiger partial charge in [-0.3, -0.25) is 4.79 Å². The number of ketones is 1. The topological polar surface area (TPSA) is 29.5 Å². The molecule has 16 heavy (non-hydrogen) atoms. The lowest BCUT2D eigenvalue weighted by atomic mass is 10.0. The molecule has 0 saturated carbocycles. The molecule has 0 aliphatic carbocycles. The van der Waals surface area contributed by atoms with E-state index in [4.69, 9.17) is 4.74 Å². The van der Waals surface area contributed by atoms with Crippen molar-refractivity contribution in [3.05, 3.63) is 29.3 Å². The van der Waals surface area contributed by atoms with Crippen LogP contribution in [0.5, 0.6) is 5.75 Å². The Hall–Kier alpha value is -1.35. The number of hydrogen-bond acceptors (Lipinski definition) is 3. The summed E-state index contributed by atoms with van der Waals surface area (Å²) in [6.07, 6.45) is 0.521. The lowest BCUT2D eigenvalue weighted by molar-refractivity contribution is 0.0969. The smallest absolute Gasteiger partial charge is 0.167 e. The molecule has 0 unspecified atom stereocenters. The van der Waals surface area contributed by atoms with E-state index in [0.717, 1.165) is 12.1 Å². The summed E-state index contributed by atoms with van der Waals surface area (Å²) in [4.78, 5) is 14.0. The number of hydrogen-bond donors (Lipinski definition) is 0. The average molecular weight is 221 g/mol. The van der Waals surface area contributed by atoms with Crippen molar-refractivity contribution in [2.45, 2.75) is 13.3 Å². The molecule has 1 rings (SSSR count). The molecule has 1 aromatic carbocycles. The lowest BCUT2D eigenvalue weighted by Gasteiger charge is -2.11. The fourth-order valence-corrected chi connectivity index (χ4v) is 1.50. The molecule has 3 nitrogen and oxygen atoms in total. The van der Waals surface area contributed by atoms with E-state index >= 15 is 0 Å². The molecule has 0 spiro atoms. The minimum Gasteiger partial charge on any atom is -0.496 e. The van der Waals surface area contributed by atoms with Crippen LogP contribution in [-0.4, -0.2) is 38.4 Å². The maximum absolute atomic E-state index is 12.0. The molecule has 0 fully saturated rings. The van der Waals surface area contributed by atoms with Gasteiger partial charge in [0.15, 0.2) is 5.78 Å². The van der Waals surface area contributed by atoms with Gasteiger partial charge in [-0.15, -0.1) is 0 Å². The molecule has 3 heteroatoms. The van der Waals surface area contributed by atoms with Crippen LogP contribution in [-0.2, 0) is 0 Å². The zero-order valence-corrected chi connectivity index (χ0v) is 10.4. The van der Waals surface area contributed by atoms with Gasteiger partial charge in [0.2, 0.25) is 0 Å². The van der Waals surface area contributed by atoms with Crippen LogP contribution in [0.25, 0.3) is 0 Å². The summed E-state index contributed by atoms with van der Waals surface area (Å²) in [6, 6.07) is 5.68. The Morgan fingerprint density at radius 1 is 1.38 bits per heavy atom. The first-order valence-electron chi connectivity index (χ1n) is 5.37. The summed E-state index contributed by atoms with van der Waals surface area (Å²) < 4.78 is 5.19. The zero-order chi connectivity index (χ0) is 12.1. The van der Waals surface area contributed by atoms with Gasteiger partial charge in [0, 0.05) is 13.0 Å². The minimum absolute atomic E-state index is 0.134. The highest BCUT2D eigenvalue weighted by atomic mass is 16.5. The number of nitrogens with zero attached hydrogens (tertiary/aromatic N) is 1. The maximum atomic E-state index is 12.0. The second-order valence-corrected chi connectivity index (χ2v) is 4.18. The zero-order valence-electron chi connectivity index (χ0n) is 10.4. The first-order valence-corrected chi connectivity index (χ1v) is 5.37. The van der Waals surface area contributed by atoms with Crippen LogP contribution in [0.4, 0.5) is 0 Å². The number of rotatable bonds is 5. The van der Waals surface area contributed by atoms with Crippen LogP contribution in [0, 0.1) is 6.92 Å². The molecule has 0 amide bonds. The fourth-order valence-electron chi connectivity index (χ4n) is 1.50. The average Bonchev–Trinajstić information content (AvgIpc) is 2.25. The fraction of sp³-hybridized carbons (Fsp3) is 0.462. The van der Waals surface area contributed by atoms with E-state index in [0.29, 0.717) is 17.7 Å². The number of ether oxygens (including phenoxy) is 1. The first kappa shape index (κ1) is 12.7.